The molecule has 2 saturated carbocycles. The van der Waals surface area contributed by atoms with Crippen LogP contribution in [0.25, 0.3) is 0 Å². The largest absolute Gasteiger partial charge is 0.392 e. The third kappa shape index (κ3) is 6.79. The van der Waals surface area contributed by atoms with E-state index in [0.29, 0.717) is 5.78 Å². The number of nitrogens with two attached hydrogens (primary N) is 1. The van der Waals surface area contributed by atoms with Gasteiger partial charge in [-0.05, 0) is 25.7 Å². The number of hydrogen-bond donors (Lipinski definition) is 2. The van der Waals surface area contributed by atoms with E-state index in [1.165, 1.54) is 25.7 Å². The molecule has 0 aromatic rings. The molecule has 2 fully saturated rings. The Balaban J connectivity index is 0.000000171. The van der Waals surface area contributed by atoms with Gasteiger partial charge in [0.15, 0.2) is 0 Å². The molecule has 0 aromatic heterocycles. The summed E-state index contributed by atoms with van der Waals surface area (Å²) >= 11 is 0. The highest BCUT2D eigenvalue weighted by atomic mass is 16.3. The Morgan fingerprint density at radius 3 is 2.06 bits per heavy atom. The molecule has 0 amide bonds. The standard InChI is InChI=1S/C7H15NO.C7H12O/c8-6-4-2-1-3-5-7(6)9;8-7-5-3-1-2-4-6-7/h6-7,9H,1-5,8H2;1-6H2. The molecular weight excluding hydrogens is 214 g/mol. The Morgan fingerprint density at radius 1 is 0.882 bits per heavy atom. The van der Waals surface area contributed by atoms with Crippen LogP contribution in [-0.4, -0.2) is 23.0 Å². The summed E-state index contributed by atoms with van der Waals surface area (Å²) in [6.07, 6.45) is 11.8. The number of carbonyl (C=O) groups is 1. The van der Waals surface area contributed by atoms with Crippen molar-refractivity contribution in [2.75, 3.05) is 0 Å². The van der Waals surface area contributed by atoms with Gasteiger partial charge in [-0.2, -0.15) is 0 Å². The van der Waals surface area contributed by atoms with Crippen LogP contribution in [0.5, 0.6) is 0 Å². The maximum Gasteiger partial charge on any atom is 0.132 e. The van der Waals surface area contributed by atoms with Crippen LogP contribution in [0.4, 0.5) is 0 Å². The fourth-order valence-electron chi connectivity index (χ4n) is 2.44. The van der Waals surface area contributed by atoms with E-state index in [1.807, 2.05) is 0 Å². The maximum atomic E-state index is 10.7. The van der Waals surface area contributed by atoms with E-state index in [0.717, 1.165) is 44.9 Å². The summed E-state index contributed by atoms with van der Waals surface area (Å²) in [6.45, 7) is 0. The molecule has 3 heteroatoms. The zero-order valence-electron chi connectivity index (χ0n) is 10.9. The summed E-state index contributed by atoms with van der Waals surface area (Å²) in [4.78, 5) is 10.7. The Morgan fingerprint density at radius 2 is 1.41 bits per heavy atom. The van der Waals surface area contributed by atoms with Crippen LogP contribution in [-0.2, 0) is 4.79 Å². The highest BCUT2D eigenvalue weighted by Crippen LogP contribution is 2.16. The zero-order valence-corrected chi connectivity index (χ0v) is 10.9. The van der Waals surface area contributed by atoms with Gasteiger partial charge in [-0.1, -0.05) is 32.1 Å². The molecule has 0 spiro atoms. The van der Waals surface area contributed by atoms with Crippen LogP contribution < -0.4 is 5.73 Å². The lowest BCUT2D eigenvalue weighted by Gasteiger charge is -2.13. The first-order valence-corrected chi connectivity index (χ1v) is 7.15. The van der Waals surface area contributed by atoms with Crippen molar-refractivity contribution in [3.63, 3.8) is 0 Å². The minimum atomic E-state index is -0.229. The molecular formula is C14H27NO2. The molecule has 2 unspecified atom stereocenters. The van der Waals surface area contributed by atoms with Crippen LogP contribution in [0, 0.1) is 0 Å². The smallest absolute Gasteiger partial charge is 0.132 e. The molecule has 0 aromatic carbocycles. The molecule has 2 atom stereocenters. The molecule has 3 N–H and O–H groups in total. The van der Waals surface area contributed by atoms with Crippen LogP contribution in [0.15, 0.2) is 0 Å². The number of hydrogen-bond acceptors (Lipinski definition) is 3. The van der Waals surface area contributed by atoms with E-state index in [9.17, 15) is 9.90 Å². The Bertz CT molecular complexity index is 198. The molecule has 100 valence electrons. The quantitative estimate of drug-likeness (QED) is 0.641. The average molecular weight is 241 g/mol. The van der Waals surface area contributed by atoms with Gasteiger partial charge in [0.25, 0.3) is 0 Å². The van der Waals surface area contributed by atoms with Gasteiger partial charge < -0.3 is 10.8 Å². The Labute approximate surface area is 105 Å². The number of ketones is 1. The maximum absolute atomic E-state index is 10.7. The highest BCUT2D eigenvalue weighted by molar-refractivity contribution is 5.78. The molecule has 0 aliphatic heterocycles. The number of aliphatic hydroxyl groups is 1. The minimum Gasteiger partial charge on any atom is -0.392 e. The van der Waals surface area contributed by atoms with Gasteiger partial charge in [-0.25, -0.2) is 0 Å². The van der Waals surface area contributed by atoms with E-state index < -0.39 is 0 Å². The van der Waals surface area contributed by atoms with Crippen molar-refractivity contribution in [1.82, 2.24) is 0 Å². The second-order valence-corrected chi connectivity index (χ2v) is 5.32. The van der Waals surface area contributed by atoms with Gasteiger partial charge in [0.05, 0.1) is 6.10 Å². The normalized spacial score (nSPS) is 30.8. The topological polar surface area (TPSA) is 63.3 Å². The van der Waals surface area contributed by atoms with Gasteiger partial charge in [0.2, 0.25) is 0 Å². The van der Waals surface area contributed by atoms with Crippen LogP contribution in [0.1, 0.15) is 70.6 Å². The van der Waals surface area contributed by atoms with Gasteiger partial charge in [-0.3, -0.25) is 4.79 Å². The molecule has 3 nitrogen and oxygen atoms in total. The predicted octanol–water partition coefficient (Wildman–Crippen LogP) is 2.55. The Kier molecular flexibility index (Phi) is 7.45. The van der Waals surface area contributed by atoms with Crippen molar-refractivity contribution in [3.8, 4) is 0 Å². The fourth-order valence-corrected chi connectivity index (χ4v) is 2.44. The summed E-state index contributed by atoms with van der Waals surface area (Å²) in [5.41, 5.74) is 5.63. The molecule has 2 aliphatic rings. The lowest BCUT2D eigenvalue weighted by atomic mass is 10.1. The molecule has 0 heterocycles. The van der Waals surface area contributed by atoms with Gasteiger partial charge in [0.1, 0.15) is 5.78 Å². The first-order valence-electron chi connectivity index (χ1n) is 7.15. The van der Waals surface area contributed by atoms with Gasteiger partial charge >= 0.3 is 0 Å². The molecule has 2 aliphatic carbocycles. The number of aliphatic hydroxyl groups excluding tert-OH is 1. The van der Waals surface area contributed by atoms with Crippen molar-refractivity contribution >= 4 is 5.78 Å². The first-order chi connectivity index (χ1) is 8.20. The summed E-state index contributed by atoms with van der Waals surface area (Å²) in [6, 6.07) is 0.0486. The van der Waals surface area contributed by atoms with Crippen molar-refractivity contribution in [3.05, 3.63) is 0 Å². The lowest BCUT2D eigenvalue weighted by molar-refractivity contribution is -0.118. The molecule has 2 rings (SSSR count). The summed E-state index contributed by atoms with van der Waals surface area (Å²) in [5, 5.41) is 9.23. The molecule has 17 heavy (non-hydrogen) atoms. The second-order valence-electron chi connectivity index (χ2n) is 5.32. The fraction of sp³-hybridized carbons (Fsp3) is 0.929. The third-order valence-corrected chi connectivity index (χ3v) is 3.69. The number of rotatable bonds is 0. The molecule has 0 bridgehead atoms. The third-order valence-electron chi connectivity index (χ3n) is 3.69. The van der Waals surface area contributed by atoms with Crippen LogP contribution in [0.3, 0.4) is 0 Å². The van der Waals surface area contributed by atoms with Crippen LogP contribution >= 0.6 is 0 Å². The van der Waals surface area contributed by atoms with Gasteiger partial charge in [0, 0.05) is 18.9 Å². The highest BCUT2D eigenvalue weighted by Gasteiger charge is 2.16. The monoisotopic (exact) mass is 241 g/mol. The average Bonchev–Trinajstić information content (AvgIpc) is 2.65. The molecule has 0 saturated heterocycles. The number of Topliss-reactive ketones (excluding diaryl/α,β-unsaturated/α-hetero) is 1. The summed E-state index contributed by atoms with van der Waals surface area (Å²) < 4.78 is 0. The van der Waals surface area contributed by atoms with Crippen LogP contribution in [0.2, 0.25) is 0 Å². The van der Waals surface area contributed by atoms with E-state index in [-0.39, 0.29) is 12.1 Å². The van der Waals surface area contributed by atoms with Crippen molar-refractivity contribution in [1.29, 1.82) is 0 Å². The number of carbonyl (C=O) groups excluding carboxylic acids is 1. The lowest BCUT2D eigenvalue weighted by Crippen LogP contribution is -2.33. The second kappa shape index (κ2) is 8.65. The van der Waals surface area contributed by atoms with Crippen molar-refractivity contribution in [2.45, 2.75) is 82.8 Å². The summed E-state index contributed by atoms with van der Waals surface area (Å²) in [5.74, 6) is 0.475. The van der Waals surface area contributed by atoms with E-state index in [4.69, 9.17) is 5.73 Å². The Hall–Kier alpha value is -0.410. The SMILES string of the molecule is NC1CCCCCC1O.O=C1CCCCCC1. The van der Waals surface area contributed by atoms with E-state index in [1.54, 1.807) is 0 Å². The van der Waals surface area contributed by atoms with Gasteiger partial charge in [-0.15, -0.1) is 0 Å². The predicted molar refractivity (Wildman–Crippen MR) is 69.8 cm³/mol. The first kappa shape index (κ1) is 14.7. The summed E-state index contributed by atoms with van der Waals surface area (Å²) in [7, 11) is 0. The van der Waals surface area contributed by atoms with Crippen molar-refractivity contribution < 1.29 is 9.90 Å². The van der Waals surface area contributed by atoms with Crippen molar-refractivity contribution in [2.24, 2.45) is 5.73 Å². The van der Waals surface area contributed by atoms with E-state index in [2.05, 4.69) is 0 Å². The van der Waals surface area contributed by atoms with E-state index >= 15 is 0 Å². The molecule has 0 radical (unpaired) electrons. The minimum absolute atomic E-state index is 0.0486. The zero-order chi connectivity index (χ0) is 12.5.